The largest absolute Gasteiger partial charge is 0.348 e. The van der Waals surface area contributed by atoms with Crippen LogP contribution in [0.3, 0.4) is 0 Å². The molecule has 0 bridgehead atoms. The predicted molar refractivity (Wildman–Crippen MR) is 117 cm³/mol. The standard InChI is InChI=1S/C23H24N4O4/c1-13-4-10-18(21(29)25-13)20(28)24-12-16-6-8-17(9-7-16)15(3)27-23(31)19-11-5-14(2)26-22(19)30/h4-11,15H,12H2,1-3H3,(H,24,28)(H,25,29)(H,26,30)(H,27,31)/t15-/m0/s1. The van der Waals surface area contributed by atoms with Crippen molar-refractivity contribution < 1.29 is 9.59 Å². The van der Waals surface area contributed by atoms with Gasteiger partial charge >= 0.3 is 0 Å². The average Bonchev–Trinajstić information content (AvgIpc) is 2.72. The van der Waals surface area contributed by atoms with Crippen LogP contribution in [-0.2, 0) is 6.54 Å². The van der Waals surface area contributed by atoms with Crippen molar-refractivity contribution in [2.75, 3.05) is 0 Å². The van der Waals surface area contributed by atoms with Crippen molar-refractivity contribution in [3.05, 3.63) is 103 Å². The third-order valence-corrected chi connectivity index (χ3v) is 4.88. The maximum absolute atomic E-state index is 12.4. The van der Waals surface area contributed by atoms with Crippen LogP contribution in [-0.4, -0.2) is 21.8 Å². The maximum atomic E-state index is 12.4. The molecule has 8 heteroatoms. The van der Waals surface area contributed by atoms with Crippen molar-refractivity contribution in [2.45, 2.75) is 33.4 Å². The van der Waals surface area contributed by atoms with Crippen LogP contribution in [0.1, 0.15) is 56.2 Å². The normalized spacial score (nSPS) is 11.6. The molecule has 0 aliphatic carbocycles. The summed E-state index contributed by atoms with van der Waals surface area (Å²) in [6, 6.07) is 13.4. The van der Waals surface area contributed by atoms with Crippen LogP contribution >= 0.6 is 0 Å². The number of carbonyl (C=O) groups is 2. The van der Waals surface area contributed by atoms with E-state index in [9.17, 15) is 19.2 Å². The molecule has 2 aromatic heterocycles. The first-order chi connectivity index (χ1) is 14.7. The molecule has 0 aliphatic heterocycles. The number of H-pyrrole nitrogens is 2. The Morgan fingerprint density at radius 2 is 1.32 bits per heavy atom. The van der Waals surface area contributed by atoms with Crippen molar-refractivity contribution in [2.24, 2.45) is 0 Å². The minimum Gasteiger partial charge on any atom is -0.348 e. The summed E-state index contributed by atoms with van der Waals surface area (Å²) >= 11 is 0. The van der Waals surface area contributed by atoms with Crippen molar-refractivity contribution in [1.29, 1.82) is 0 Å². The zero-order chi connectivity index (χ0) is 22.5. The van der Waals surface area contributed by atoms with Gasteiger partial charge in [-0.15, -0.1) is 0 Å². The first kappa shape index (κ1) is 21.8. The van der Waals surface area contributed by atoms with Gasteiger partial charge in [0.25, 0.3) is 22.9 Å². The Bertz CT molecular complexity index is 1230. The minimum atomic E-state index is -0.451. The lowest BCUT2D eigenvalue weighted by Crippen LogP contribution is -2.31. The zero-order valence-electron chi connectivity index (χ0n) is 17.5. The van der Waals surface area contributed by atoms with Crippen molar-refractivity contribution in [3.8, 4) is 0 Å². The van der Waals surface area contributed by atoms with Crippen LogP contribution < -0.4 is 21.8 Å². The number of hydrogen-bond donors (Lipinski definition) is 4. The van der Waals surface area contributed by atoms with E-state index in [4.69, 9.17) is 0 Å². The van der Waals surface area contributed by atoms with Gasteiger partial charge in [0.05, 0.1) is 6.04 Å². The molecule has 0 saturated heterocycles. The zero-order valence-corrected chi connectivity index (χ0v) is 17.5. The van der Waals surface area contributed by atoms with E-state index in [2.05, 4.69) is 20.6 Å². The number of aromatic amines is 2. The summed E-state index contributed by atoms with van der Waals surface area (Å²) in [6.07, 6.45) is 0. The van der Waals surface area contributed by atoms with Crippen LogP contribution in [0.15, 0.2) is 58.1 Å². The van der Waals surface area contributed by atoms with Gasteiger partial charge in [-0.05, 0) is 56.2 Å². The fourth-order valence-corrected chi connectivity index (χ4v) is 3.06. The maximum Gasteiger partial charge on any atom is 0.260 e. The molecule has 3 rings (SSSR count). The van der Waals surface area contributed by atoms with Gasteiger partial charge in [0, 0.05) is 17.9 Å². The Hall–Kier alpha value is -3.94. The number of carbonyl (C=O) groups excluding carboxylic acids is 2. The number of pyridine rings is 2. The highest BCUT2D eigenvalue weighted by atomic mass is 16.2. The minimum absolute atomic E-state index is 0.0582. The summed E-state index contributed by atoms with van der Waals surface area (Å²) in [7, 11) is 0. The van der Waals surface area contributed by atoms with Gasteiger partial charge in [0.15, 0.2) is 0 Å². The number of amides is 2. The van der Waals surface area contributed by atoms with E-state index in [0.29, 0.717) is 11.4 Å². The Morgan fingerprint density at radius 1 is 0.806 bits per heavy atom. The molecule has 4 N–H and O–H groups in total. The molecule has 160 valence electrons. The van der Waals surface area contributed by atoms with Crippen LogP contribution in [0.25, 0.3) is 0 Å². The van der Waals surface area contributed by atoms with Crippen LogP contribution in [0.5, 0.6) is 0 Å². The number of hydrogen-bond acceptors (Lipinski definition) is 4. The van der Waals surface area contributed by atoms with Gasteiger partial charge in [0.1, 0.15) is 11.1 Å². The number of aromatic nitrogens is 2. The van der Waals surface area contributed by atoms with Crippen molar-refractivity contribution in [3.63, 3.8) is 0 Å². The number of rotatable bonds is 6. The Kier molecular flexibility index (Phi) is 6.49. The van der Waals surface area contributed by atoms with Crippen LogP contribution in [0.4, 0.5) is 0 Å². The first-order valence-electron chi connectivity index (χ1n) is 9.82. The van der Waals surface area contributed by atoms with E-state index in [1.807, 2.05) is 31.2 Å². The molecule has 0 radical (unpaired) electrons. The molecular weight excluding hydrogens is 396 g/mol. The monoisotopic (exact) mass is 420 g/mol. The van der Waals surface area contributed by atoms with Gasteiger partial charge in [-0.1, -0.05) is 24.3 Å². The lowest BCUT2D eigenvalue weighted by Gasteiger charge is -2.15. The highest BCUT2D eigenvalue weighted by Crippen LogP contribution is 2.14. The van der Waals surface area contributed by atoms with E-state index in [0.717, 1.165) is 11.1 Å². The molecule has 31 heavy (non-hydrogen) atoms. The van der Waals surface area contributed by atoms with E-state index in [1.54, 1.807) is 26.0 Å². The molecule has 0 saturated carbocycles. The number of nitrogens with one attached hydrogen (secondary N) is 4. The molecule has 2 amide bonds. The molecule has 8 nitrogen and oxygen atoms in total. The molecule has 1 aromatic carbocycles. The second kappa shape index (κ2) is 9.25. The summed E-state index contributed by atoms with van der Waals surface area (Å²) in [5.41, 5.74) is 2.33. The molecule has 2 heterocycles. The SMILES string of the molecule is Cc1ccc(C(=O)NCc2ccc([C@H](C)NC(=O)c3ccc(C)[nH]c3=O)cc2)c(=O)[nH]1. The third kappa shape index (κ3) is 5.36. The average molecular weight is 420 g/mol. The number of aryl methyl sites for hydroxylation is 2. The summed E-state index contributed by atoms with van der Waals surface area (Å²) in [5.74, 6) is -0.900. The molecule has 3 aromatic rings. The van der Waals surface area contributed by atoms with Gasteiger partial charge in [0.2, 0.25) is 0 Å². The fourth-order valence-electron chi connectivity index (χ4n) is 3.06. The van der Waals surface area contributed by atoms with Gasteiger partial charge in [-0.25, -0.2) is 0 Å². The molecule has 1 atom stereocenters. The topological polar surface area (TPSA) is 124 Å². The van der Waals surface area contributed by atoms with Gasteiger partial charge in [-0.3, -0.25) is 19.2 Å². The molecular formula is C23H24N4O4. The Labute approximate surface area is 178 Å². The smallest absolute Gasteiger partial charge is 0.260 e. The van der Waals surface area contributed by atoms with Crippen molar-refractivity contribution >= 4 is 11.8 Å². The first-order valence-corrected chi connectivity index (χ1v) is 9.82. The summed E-state index contributed by atoms with van der Waals surface area (Å²) in [6.45, 7) is 5.56. The third-order valence-electron chi connectivity index (χ3n) is 4.88. The number of benzene rings is 1. The van der Waals surface area contributed by atoms with E-state index in [1.165, 1.54) is 12.1 Å². The summed E-state index contributed by atoms with van der Waals surface area (Å²) < 4.78 is 0. The lowest BCUT2D eigenvalue weighted by atomic mass is 10.1. The summed E-state index contributed by atoms with van der Waals surface area (Å²) in [5, 5.41) is 5.53. The van der Waals surface area contributed by atoms with Crippen LogP contribution in [0.2, 0.25) is 0 Å². The van der Waals surface area contributed by atoms with Gasteiger partial charge in [-0.2, -0.15) is 0 Å². The van der Waals surface area contributed by atoms with E-state index < -0.39 is 22.9 Å². The highest BCUT2D eigenvalue weighted by molar-refractivity contribution is 5.94. The highest BCUT2D eigenvalue weighted by Gasteiger charge is 2.15. The van der Waals surface area contributed by atoms with Gasteiger partial charge < -0.3 is 20.6 Å². The lowest BCUT2D eigenvalue weighted by molar-refractivity contribution is 0.0933. The van der Waals surface area contributed by atoms with E-state index in [-0.39, 0.29) is 23.7 Å². The molecule has 0 spiro atoms. The quantitative estimate of drug-likeness (QED) is 0.487. The predicted octanol–water partition coefficient (Wildman–Crippen LogP) is 2.10. The van der Waals surface area contributed by atoms with Crippen molar-refractivity contribution in [1.82, 2.24) is 20.6 Å². The molecule has 0 unspecified atom stereocenters. The fraction of sp³-hybridized carbons (Fsp3) is 0.217. The molecule has 0 fully saturated rings. The summed E-state index contributed by atoms with van der Waals surface area (Å²) in [4.78, 5) is 53.6. The van der Waals surface area contributed by atoms with Crippen LogP contribution in [0, 0.1) is 13.8 Å². The Morgan fingerprint density at radius 3 is 1.84 bits per heavy atom. The second-order valence-corrected chi connectivity index (χ2v) is 7.39. The second-order valence-electron chi connectivity index (χ2n) is 7.39. The molecule has 0 aliphatic rings. The van der Waals surface area contributed by atoms with E-state index >= 15 is 0 Å². The Balaban J connectivity index is 1.60.